The van der Waals surface area contributed by atoms with Crippen LogP contribution < -0.4 is 15.8 Å². The lowest BCUT2D eigenvalue weighted by Gasteiger charge is -2.18. The van der Waals surface area contributed by atoms with Crippen LogP contribution in [0.15, 0.2) is 71.7 Å². The van der Waals surface area contributed by atoms with Crippen LogP contribution >= 0.6 is 0 Å². The Balaban J connectivity index is 1.42. The van der Waals surface area contributed by atoms with Crippen LogP contribution in [0.25, 0.3) is 0 Å². The number of carbonyl (C=O) groups excluding carboxylic acids is 2. The standard InChI is InChI=1S/C22H19FN4O3/c23-19-13-17(8-7-16(19)12-15-6-9-20(28)24-14-15)25-21(29)27-11-10-26(22(27)30)18-4-2-1-3-5-18/h1-9,13-14H,10-12H2,(H,24,28)(H,25,29). The highest BCUT2D eigenvalue weighted by molar-refractivity contribution is 6.08. The molecule has 2 aromatic carbocycles. The SMILES string of the molecule is O=C(Nc1ccc(Cc2ccc(=O)[nH]c2)c(F)c1)N1CCN(c2ccccc2)C1=O. The average molecular weight is 406 g/mol. The van der Waals surface area contributed by atoms with Crippen molar-refractivity contribution in [3.63, 3.8) is 0 Å². The molecule has 8 heteroatoms. The first-order valence-corrected chi connectivity index (χ1v) is 9.42. The fraction of sp³-hybridized carbons (Fsp3) is 0.136. The van der Waals surface area contributed by atoms with Gasteiger partial charge in [0.2, 0.25) is 5.56 Å². The van der Waals surface area contributed by atoms with Crippen molar-refractivity contribution in [1.82, 2.24) is 9.88 Å². The second-order valence-electron chi connectivity index (χ2n) is 6.90. The van der Waals surface area contributed by atoms with E-state index in [4.69, 9.17) is 0 Å². The van der Waals surface area contributed by atoms with Gasteiger partial charge in [-0.1, -0.05) is 30.3 Å². The van der Waals surface area contributed by atoms with E-state index < -0.39 is 17.9 Å². The minimum absolute atomic E-state index is 0.223. The van der Waals surface area contributed by atoms with Crippen LogP contribution in [-0.2, 0) is 6.42 Å². The fourth-order valence-electron chi connectivity index (χ4n) is 3.30. The van der Waals surface area contributed by atoms with Crippen LogP contribution in [0, 0.1) is 5.82 Å². The lowest BCUT2D eigenvalue weighted by molar-refractivity contribution is 0.209. The molecule has 1 saturated heterocycles. The first-order valence-electron chi connectivity index (χ1n) is 9.42. The summed E-state index contributed by atoms with van der Waals surface area (Å²) in [5.74, 6) is -0.488. The maximum Gasteiger partial charge on any atom is 0.332 e. The summed E-state index contributed by atoms with van der Waals surface area (Å²) < 4.78 is 14.5. The lowest BCUT2D eigenvalue weighted by Crippen LogP contribution is -2.39. The summed E-state index contributed by atoms with van der Waals surface area (Å²) in [6.45, 7) is 0.634. The number of nitrogens with zero attached hydrogens (tertiary/aromatic N) is 2. The van der Waals surface area contributed by atoms with E-state index in [0.717, 1.165) is 16.2 Å². The summed E-state index contributed by atoms with van der Waals surface area (Å²) in [7, 11) is 0. The molecule has 4 amide bonds. The Bertz CT molecular complexity index is 1130. The number of para-hydroxylation sites is 1. The Kier molecular flexibility index (Phi) is 5.30. The van der Waals surface area contributed by atoms with Gasteiger partial charge < -0.3 is 10.3 Å². The van der Waals surface area contributed by atoms with E-state index in [-0.39, 0.29) is 17.8 Å². The number of carbonyl (C=O) groups is 2. The van der Waals surface area contributed by atoms with Gasteiger partial charge in [0.05, 0.1) is 6.54 Å². The molecule has 1 aliphatic rings. The van der Waals surface area contributed by atoms with Gasteiger partial charge in [0.15, 0.2) is 0 Å². The quantitative estimate of drug-likeness (QED) is 0.695. The number of hydrogen-bond acceptors (Lipinski definition) is 3. The van der Waals surface area contributed by atoms with Crippen molar-refractivity contribution in [3.8, 4) is 0 Å². The maximum atomic E-state index is 14.5. The molecule has 0 spiro atoms. The molecule has 4 rings (SSSR count). The smallest absolute Gasteiger partial charge is 0.329 e. The molecule has 1 fully saturated rings. The number of benzene rings is 2. The third-order valence-electron chi connectivity index (χ3n) is 4.87. The summed E-state index contributed by atoms with van der Waals surface area (Å²) in [5, 5.41) is 2.58. The van der Waals surface area contributed by atoms with Crippen molar-refractivity contribution in [2.24, 2.45) is 0 Å². The summed E-state index contributed by atoms with van der Waals surface area (Å²) in [4.78, 5) is 41.4. The first kappa shape index (κ1) is 19.4. The number of imide groups is 1. The molecular weight excluding hydrogens is 387 g/mol. The largest absolute Gasteiger partial charge is 0.332 e. The van der Waals surface area contributed by atoms with Crippen molar-refractivity contribution >= 4 is 23.4 Å². The van der Waals surface area contributed by atoms with Gasteiger partial charge in [0.1, 0.15) is 5.82 Å². The highest BCUT2D eigenvalue weighted by atomic mass is 19.1. The molecule has 30 heavy (non-hydrogen) atoms. The number of rotatable bonds is 4. The molecular formula is C22H19FN4O3. The zero-order valence-electron chi connectivity index (χ0n) is 16.0. The third-order valence-corrected chi connectivity index (χ3v) is 4.87. The number of halogens is 1. The number of pyridine rings is 1. The minimum Gasteiger partial charge on any atom is -0.329 e. The molecule has 7 nitrogen and oxygen atoms in total. The second-order valence-corrected chi connectivity index (χ2v) is 6.90. The van der Waals surface area contributed by atoms with Crippen molar-refractivity contribution in [1.29, 1.82) is 0 Å². The van der Waals surface area contributed by atoms with Gasteiger partial charge in [0, 0.05) is 36.6 Å². The fourth-order valence-corrected chi connectivity index (χ4v) is 3.30. The van der Waals surface area contributed by atoms with Crippen molar-refractivity contribution in [2.75, 3.05) is 23.3 Å². The third kappa shape index (κ3) is 4.07. The van der Waals surface area contributed by atoms with Crippen molar-refractivity contribution in [2.45, 2.75) is 6.42 Å². The van der Waals surface area contributed by atoms with Gasteiger partial charge in [-0.15, -0.1) is 0 Å². The predicted octanol–water partition coefficient (Wildman–Crippen LogP) is 3.58. The number of H-pyrrole nitrogens is 1. The van der Waals surface area contributed by atoms with E-state index in [1.165, 1.54) is 23.2 Å². The summed E-state index contributed by atoms with van der Waals surface area (Å²) >= 11 is 0. The number of amides is 4. The lowest BCUT2D eigenvalue weighted by atomic mass is 10.1. The predicted molar refractivity (Wildman–Crippen MR) is 111 cm³/mol. The summed E-state index contributed by atoms with van der Waals surface area (Å²) in [6.07, 6.45) is 1.84. The Labute approximate surface area is 171 Å². The molecule has 0 unspecified atom stereocenters. The molecule has 0 atom stereocenters. The minimum atomic E-state index is -0.605. The Morgan fingerprint density at radius 1 is 1.03 bits per heavy atom. The number of hydrogen-bond donors (Lipinski definition) is 2. The Morgan fingerprint density at radius 3 is 2.53 bits per heavy atom. The normalized spacial score (nSPS) is 13.6. The van der Waals surface area contributed by atoms with Gasteiger partial charge >= 0.3 is 12.1 Å². The van der Waals surface area contributed by atoms with Gasteiger partial charge in [-0.3, -0.25) is 9.69 Å². The van der Waals surface area contributed by atoms with Gasteiger partial charge in [-0.25, -0.2) is 18.9 Å². The van der Waals surface area contributed by atoms with Crippen LogP contribution in [0.4, 0.5) is 25.4 Å². The van der Waals surface area contributed by atoms with E-state index in [1.54, 1.807) is 30.3 Å². The van der Waals surface area contributed by atoms with E-state index in [0.29, 0.717) is 18.5 Å². The van der Waals surface area contributed by atoms with Gasteiger partial charge in [0.25, 0.3) is 0 Å². The monoisotopic (exact) mass is 406 g/mol. The molecule has 0 bridgehead atoms. The summed E-state index contributed by atoms with van der Waals surface area (Å²) in [5.41, 5.74) is 1.94. The Morgan fingerprint density at radius 2 is 1.83 bits per heavy atom. The Hall–Kier alpha value is -3.94. The molecule has 0 saturated carbocycles. The molecule has 0 aliphatic carbocycles. The molecule has 152 valence electrons. The number of nitrogens with one attached hydrogen (secondary N) is 2. The first-order chi connectivity index (χ1) is 14.5. The number of aromatic amines is 1. The van der Waals surface area contributed by atoms with E-state index in [9.17, 15) is 18.8 Å². The van der Waals surface area contributed by atoms with Crippen LogP contribution in [-0.4, -0.2) is 35.0 Å². The molecule has 1 aliphatic heterocycles. The highest BCUT2D eigenvalue weighted by Crippen LogP contribution is 2.22. The van der Waals surface area contributed by atoms with Crippen molar-refractivity contribution in [3.05, 3.63) is 94.2 Å². The van der Waals surface area contributed by atoms with Gasteiger partial charge in [-0.2, -0.15) is 0 Å². The zero-order valence-corrected chi connectivity index (χ0v) is 16.0. The zero-order chi connectivity index (χ0) is 21.1. The van der Waals surface area contributed by atoms with Crippen molar-refractivity contribution < 1.29 is 14.0 Å². The van der Waals surface area contributed by atoms with Crippen LogP contribution in [0.3, 0.4) is 0 Å². The molecule has 2 heterocycles. The van der Waals surface area contributed by atoms with Crippen LogP contribution in [0.1, 0.15) is 11.1 Å². The topological polar surface area (TPSA) is 85.5 Å². The van der Waals surface area contributed by atoms with E-state index in [2.05, 4.69) is 10.3 Å². The van der Waals surface area contributed by atoms with Gasteiger partial charge in [-0.05, 0) is 35.4 Å². The maximum absolute atomic E-state index is 14.5. The van der Waals surface area contributed by atoms with Crippen LogP contribution in [0.2, 0.25) is 0 Å². The molecule has 1 aromatic heterocycles. The number of urea groups is 2. The number of anilines is 2. The van der Waals surface area contributed by atoms with Crippen LogP contribution in [0.5, 0.6) is 0 Å². The summed E-state index contributed by atoms with van der Waals surface area (Å²) in [6, 6.07) is 15.4. The average Bonchev–Trinajstić information content (AvgIpc) is 3.13. The molecule has 2 N–H and O–H groups in total. The molecule has 0 radical (unpaired) electrons. The molecule has 3 aromatic rings. The highest BCUT2D eigenvalue weighted by Gasteiger charge is 2.34. The number of aromatic nitrogens is 1. The van der Waals surface area contributed by atoms with E-state index in [1.807, 2.05) is 18.2 Å². The second kappa shape index (κ2) is 8.20. The van der Waals surface area contributed by atoms with E-state index >= 15 is 0 Å².